The zero-order valence-electron chi connectivity index (χ0n) is 51.9. The van der Waals surface area contributed by atoms with Gasteiger partial charge >= 0.3 is 11.9 Å². The summed E-state index contributed by atoms with van der Waals surface area (Å²) >= 11 is 0. The molecule has 0 unspecified atom stereocenters. The topological polar surface area (TPSA) is 477 Å². The molecule has 33 heteroatoms. The zero-order valence-corrected chi connectivity index (χ0v) is 55.2. The number of aromatic carboxylic acids is 2. The lowest BCUT2D eigenvalue weighted by Gasteiger charge is -2.41. The molecule has 11 rings (SSSR count). The highest BCUT2D eigenvalue weighted by Crippen LogP contribution is 2.49. The van der Waals surface area contributed by atoms with Crippen LogP contribution in [0.2, 0.25) is 0 Å². The number of benzene rings is 6. The summed E-state index contributed by atoms with van der Waals surface area (Å²) in [7, 11) is -18.7. The van der Waals surface area contributed by atoms with E-state index in [1.807, 2.05) is 18.7 Å². The second kappa shape index (κ2) is 24.9. The minimum atomic E-state index is -5.53. The zero-order chi connectivity index (χ0) is 70.4. The molecule has 8 N–H and O–H groups in total. The van der Waals surface area contributed by atoms with E-state index in [1.54, 1.807) is 63.5 Å². The number of nitrogens with zero attached hydrogens (tertiary/aromatic N) is 5. The Bertz CT molecular complexity index is 5490. The number of ether oxygens (including phenoxy) is 1. The van der Waals surface area contributed by atoms with Crippen molar-refractivity contribution in [1.82, 2.24) is 25.6 Å². The molecule has 0 saturated heterocycles. The number of hydrogen-bond donors (Lipinski definition) is 7. The number of carbonyl (C=O) groups excluding carboxylic acids is 2. The van der Waals surface area contributed by atoms with Gasteiger partial charge in [-0.15, -0.1) is 5.10 Å². The number of hydrogen-bond acceptors (Lipinski definition) is 23. The number of nitrogens with two attached hydrogens (primary N) is 1. The van der Waals surface area contributed by atoms with Crippen molar-refractivity contribution in [2.24, 2.45) is 4.99 Å². The van der Waals surface area contributed by atoms with Crippen LogP contribution in [0.1, 0.15) is 123 Å². The van der Waals surface area contributed by atoms with E-state index in [-0.39, 0.29) is 107 Å². The maximum Gasteiger partial charge on any atom is 0.336 e. The number of carboxylic acid groups (broad SMARTS) is 2. The molecule has 2 amide bonds. The molecule has 4 aliphatic heterocycles. The van der Waals surface area contributed by atoms with E-state index in [2.05, 4.69) is 20.9 Å². The number of aryl methyl sites for hydroxylation is 1. The van der Waals surface area contributed by atoms with Gasteiger partial charge in [0.05, 0.1) is 67.2 Å². The van der Waals surface area contributed by atoms with E-state index in [0.717, 1.165) is 24.3 Å². The molecular weight excluding hydrogens is 1340 g/mol. The Morgan fingerprint density at radius 3 is 2.02 bits per heavy atom. The molecule has 6 aromatic rings. The monoisotopic (exact) mass is 1400 g/mol. The summed E-state index contributed by atoms with van der Waals surface area (Å²) in [5, 5.41) is 42.6. The van der Waals surface area contributed by atoms with Gasteiger partial charge in [-0.25, -0.2) is 34.8 Å². The number of likely N-dealkylation sites (N-methyl/N-ethyl adjacent to an activating group) is 1. The van der Waals surface area contributed by atoms with Crippen LogP contribution in [0.5, 0.6) is 11.5 Å². The fourth-order valence-electron chi connectivity index (χ4n) is 12.3. The Kier molecular flexibility index (Phi) is 17.5. The first-order valence-corrected chi connectivity index (χ1v) is 35.5. The number of anilines is 2. The molecule has 29 nitrogen and oxygen atoms in total. The van der Waals surface area contributed by atoms with Crippen molar-refractivity contribution in [3.8, 4) is 33.9 Å². The third-order valence-electron chi connectivity index (χ3n) is 16.7. The van der Waals surface area contributed by atoms with Gasteiger partial charge in [0.15, 0.2) is 11.3 Å². The number of fused-ring (bicyclic) bond motifs is 6. The molecule has 5 heterocycles. The fourth-order valence-corrected chi connectivity index (χ4v) is 15.0. The first-order chi connectivity index (χ1) is 45.3. The molecule has 0 radical (unpaired) electrons. The van der Waals surface area contributed by atoms with Crippen LogP contribution in [0.25, 0.3) is 50.1 Å². The number of nitrogen functional groups attached to an aromatic ring is 1. The van der Waals surface area contributed by atoms with E-state index < -0.39 is 125 Å². The number of unbranched alkanes of at least 4 members (excludes halogenated alkanes) is 3. The van der Waals surface area contributed by atoms with Gasteiger partial charge in [-0.3, -0.25) is 29.2 Å². The summed E-state index contributed by atoms with van der Waals surface area (Å²) in [6, 6.07) is 18.0. The molecule has 0 fully saturated rings. The highest BCUT2D eigenvalue weighted by atomic mass is 32.2. The molecule has 5 aliphatic rings. The normalized spacial score (nSPS) is 14.9. The van der Waals surface area contributed by atoms with Crippen LogP contribution in [0.4, 0.5) is 11.4 Å². The van der Waals surface area contributed by atoms with Crippen molar-refractivity contribution in [2.45, 2.75) is 87.3 Å². The van der Waals surface area contributed by atoms with Gasteiger partial charge in [-0.2, -0.15) is 8.42 Å². The highest BCUT2D eigenvalue weighted by Gasteiger charge is 2.37. The summed E-state index contributed by atoms with van der Waals surface area (Å²) in [4.78, 5) is 58.1. The maximum atomic E-state index is 14.1. The average Bonchev–Trinajstić information content (AvgIpc) is 1.45. The Morgan fingerprint density at radius 1 is 0.680 bits per heavy atom. The van der Waals surface area contributed by atoms with Gasteiger partial charge in [-0.05, 0) is 130 Å². The molecular formula is C64H58N9O20S4-3. The van der Waals surface area contributed by atoms with Crippen molar-refractivity contribution >= 4 is 103 Å². The fraction of sp³-hybridized carbons (Fsp3) is 0.250. The lowest BCUT2D eigenvalue weighted by atomic mass is 9.83. The Labute approximate surface area is 553 Å². The molecule has 0 spiro atoms. The third-order valence-corrected chi connectivity index (χ3v) is 19.8. The second-order valence-electron chi connectivity index (χ2n) is 24.5. The lowest BCUT2D eigenvalue weighted by Crippen LogP contribution is -2.42. The first-order valence-electron chi connectivity index (χ1n) is 29.5. The maximum absolute atomic E-state index is 14.1. The number of carbonyl (C=O) groups is 4. The Morgan fingerprint density at radius 2 is 1.34 bits per heavy atom. The van der Waals surface area contributed by atoms with Gasteiger partial charge < -0.3 is 54.3 Å². The summed E-state index contributed by atoms with van der Waals surface area (Å²) in [5.74, 6) is -6.50. The summed E-state index contributed by atoms with van der Waals surface area (Å²) in [6.07, 6.45) is 7.21. The van der Waals surface area contributed by atoms with Crippen molar-refractivity contribution in [3.63, 3.8) is 0 Å². The van der Waals surface area contributed by atoms with Crippen molar-refractivity contribution in [3.05, 3.63) is 169 Å². The molecule has 1 aliphatic carbocycles. The molecule has 506 valence electrons. The average molecular weight is 1400 g/mol. The predicted octanol–water partition coefficient (Wildman–Crippen LogP) is 5.18. The van der Waals surface area contributed by atoms with E-state index >= 15 is 0 Å². The molecule has 97 heavy (non-hydrogen) atoms. The van der Waals surface area contributed by atoms with Crippen LogP contribution in [-0.2, 0) is 53.6 Å². The van der Waals surface area contributed by atoms with Crippen molar-refractivity contribution in [1.29, 1.82) is 5.41 Å². The second-order valence-corrected chi connectivity index (χ2v) is 30.0. The number of carboxylic acids is 2. The molecule has 0 saturated carbocycles. The van der Waals surface area contributed by atoms with Gasteiger partial charge in [-0.1, -0.05) is 36.3 Å². The van der Waals surface area contributed by atoms with Crippen molar-refractivity contribution < 1.29 is 90.4 Å². The largest absolute Gasteiger partial charge is 0.748 e. The van der Waals surface area contributed by atoms with Crippen LogP contribution in [0, 0.1) is 5.41 Å². The van der Waals surface area contributed by atoms with E-state index in [0.29, 0.717) is 49.2 Å². The van der Waals surface area contributed by atoms with Crippen LogP contribution in [0.3, 0.4) is 0 Å². The Balaban J connectivity index is 0.780. The van der Waals surface area contributed by atoms with E-state index in [4.69, 9.17) is 25.3 Å². The van der Waals surface area contributed by atoms with E-state index in [9.17, 15) is 81.3 Å². The number of aromatic nitrogens is 3. The van der Waals surface area contributed by atoms with Crippen LogP contribution < -0.4 is 41.9 Å². The standard InChI is InChI=1S/C64H61N9O20S4/c1-63(2)26-34(30-94(80,81)82)41-22-45-51(24-49(41)69-63)92-52-25-50-42(35(31-95(83,84)85)27-64(3,4)72(50)5)23-46(52)54(45)43-20-32(11-13-38(43)61(76)77)59(74)67-18-8-6-7-9-19-73-29-36(70-71-73)28-68-60(75)33-10-12-37(44(21-33)62(78)79)53-39-14-16-47(65)57(96(86,87)88)55(39)93-56-40(53)15-17-48(66)58(56)97(89,90)91/h10-17,20-27,29,65H,6-9,18-19,28,30-31,66H2,1-5H3,(H,67,74)(H,68,75)(H,76,77)(H,78,79)(H,80,81,82)(H,83,84,85)(H,86,87,88)(H,89,90,91)/p-3. The third kappa shape index (κ3) is 13.9. The van der Waals surface area contributed by atoms with Crippen LogP contribution in [0.15, 0.2) is 122 Å². The molecule has 0 atom stereocenters. The summed E-state index contributed by atoms with van der Waals surface area (Å²) in [5.41, 5.74) is 3.23. The minimum absolute atomic E-state index is 0.0247. The van der Waals surface area contributed by atoms with Crippen molar-refractivity contribution in [2.75, 3.05) is 35.7 Å². The molecule has 1 aromatic heterocycles. The molecule has 5 aromatic carbocycles. The van der Waals surface area contributed by atoms with Gasteiger partial charge in [0.1, 0.15) is 53.0 Å². The first kappa shape index (κ1) is 68.4. The predicted molar refractivity (Wildman–Crippen MR) is 346 cm³/mol. The van der Waals surface area contributed by atoms with Crippen LogP contribution >= 0.6 is 0 Å². The lowest BCUT2D eigenvalue weighted by molar-refractivity contribution is 0.0686. The summed E-state index contributed by atoms with van der Waals surface area (Å²) in [6.45, 7) is 7.54. The summed E-state index contributed by atoms with van der Waals surface area (Å²) < 4.78 is 161. The SMILES string of the molecule is CN1c2cc3c(cc2C(CS(=O)(=O)O)=CC1(C)C)C(c1cc(C(=O)NCCCCCCn2cc(CNC(=O)c4ccc(-c5c6ccc(=N)c(S(=O)(=O)[O-])c-6oc6c(S(=O)(=O)[O-])c(N)ccc56)c(C(=O)O)c4)nn2)ccc1C(=O)O)=c1cc2c(cc1O3)=NC(C)(C)C=C2CS(=O)(=O)[O-]. The van der Waals surface area contributed by atoms with Gasteiger partial charge in [0.2, 0.25) is 0 Å². The van der Waals surface area contributed by atoms with E-state index in [1.165, 1.54) is 41.1 Å². The van der Waals surface area contributed by atoms with Gasteiger partial charge in [0, 0.05) is 93.1 Å². The minimum Gasteiger partial charge on any atom is -0.748 e. The van der Waals surface area contributed by atoms with Crippen LogP contribution in [-0.4, -0.2) is 137 Å². The number of rotatable bonds is 21. The smallest absolute Gasteiger partial charge is 0.336 e. The Hall–Kier alpha value is -10.0. The quantitative estimate of drug-likeness (QED) is 0.0211. The number of amides is 2. The van der Waals surface area contributed by atoms with Gasteiger partial charge in [0.25, 0.3) is 21.9 Å². The number of nitrogens with one attached hydrogen (secondary N) is 3. The molecule has 0 bridgehead atoms. The highest BCUT2D eigenvalue weighted by molar-refractivity contribution is 7.86.